The summed E-state index contributed by atoms with van der Waals surface area (Å²) in [6.07, 6.45) is 1.54. The summed E-state index contributed by atoms with van der Waals surface area (Å²) in [7, 11) is 0. The maximum Gasteiger partial charge on any atom is 0.277 e. The number of aromatic nitrogens is 2. The van der Waals surface area contributed by atoms with Gasteiger partial charge in [-0.2, -0.15) is 0 Å². The first-order chi connectivity index (χ1) is 12.0. The third kappa shape index (κ3) is 4.19. The van der Waals surface area contributed by atoms with E-state index in [1.54, 1.807) is 4.90 Å². The highest BCUT2D eigenvalue weighted by Gasteiger charge is 2.27. The zero-order valence-corrected chi connectivity index (χ0v) is 14.8. The minimum absolute atomic E-state index is 0.0495. The molecule has 1 aliphatic heterocycles. The van der Waals surface area contributed by atoms with E-state index in [1.807, 2.05) is 31.2 Å². The molecule has 1 atom stereocenters. The van der Waals surface area contributed by atoms with Crippen molar-refractivity contribution in [1.29, 1.82) is 0 Å². The standard InChI is InChI=1S/C17H20N4O3S/c1-11-5-2-3-7-13(11)16-19-20-17(24-16)25-10-14(22)21-8-4-6-12(9-21)15(18)23/h2-3,5,7,12H,4,6,8-10H2,1H3,(H2,18,23). The molecule has 1 aromatic carbocycles. The molecule has 0 radical (unpaired) electrons. The molecule has 3 rings (SSSR count). The molecule has 0 spiro atoms. The lowest BCUT2D eigenvalue weighted by Gasteiger charge is -2.31. The van der Waals surface area contributed by atoms with Crippen LogP contribution in [0.3, 0.4) is 0 Å². The highest BCUT2D eigenvalue weighted by molar-refractivity contribution is 7.99. The van der Waals surface area contributed by atoms with Gasteiger partial charge in [-0.25, -0.2) is 0 Å². The number of benzene rings is 1. The molecule has 1 unspecified atom stereocenters. The van der Waals surface area contributed by atoms with Crippen molar-refractivity contribution < 1.29 is 14.0 Å². The summed E-state index contributed by atoms with van der Waals surface area (Å²) in [4.78, 5) is 25.3. The molecule has 2 N–H and O–H groups in total. The van der Waals surface area contributed by atoms with Crippen LogP contribution >= 0.6 is 11.8 Å². The molecule has 8 heteroatoms. The SMILES string of the molecule is Cc1ccccc1-c1nnc(SCC(=O)N2CCCC(C(N)=O)C2)o1. The van der Waals surface area contributed by atoms with Crippen LogP contribution in [0.4, 0.5) is 0 Å². The molecular formula is C17H20N4O3S. The first-order valence-corrected chi connectivity index (χ1v) is 9.12. The van der Waals surface area contributed by atoms with Crippen LogP contribution in [0, 0.1) is 12.8 Å². The average molecular weight is 360 g/mol. The number of carbonyl (C=O) groups excluding carboxylic acids is 2. The fraction of sp³-hybridized carbons (Fsp3) is 0.412. The number of likely N-dealkylation sites (tertiary alicyclic amines) is 1. The fourth-order valence-corrected chi connectivity index (χ4v) is 3.51. The van der Waals surface area contributed by atoms with Crippen LogP contribution in [0.25, 0.3) is 11.5 Å². The Morgan fingerprint density at radius 1 is 1.36 bits per heavy atom. The molecule has 132 valence electrons. The number of nitrogens with two attached hydrogens (primary N) is 1. The molecule has 1 aliphatic rings. The van der Waals surface area contributed by atoms with Crippen molar-refractivity contribution in [2.75, 3.05) is 18.8 Å². The van der Waals surface area contributed by atoms with Crippen molar-refractivity contribution in [1.82, 2.24) is 15.1 Å². The number of carbonyl (C=O) groups is 2. The third-order valence-corrected chi connectivity index (χ3v) is 5.08. The van der Waals surface area contributed by atoms with Crippen molar-refractivity contribution in [2.24, 2.45) is 11.7 Å². The van der Waals surface area contributed by atoms with Gasteiger partial charge in [0.05, 0.1) is 11.7 Å². The largest absolute Gasteiger partial charge is 0.411 e. The van der Waals surface area contributed by atoms with E-state index in [9.17, 15) is 9.59 Å². The molecule has 0 aliphatic carbocycles. The molecule has 1 saturated heterocycles. The van der Waals surface area contributed by atoms with E-state index in [0.29, 0.717) is 24.2 Å². The Bertz CT molecular complexity index is 777. The molecule has 0 bridgehead atoms. The summed E-state index contributed by atoms with van der Waals surface area (Å²) in [5.74, 6) is -0.00366. The Morgan fingerprint density at radius 2 is 2.16 bits per heavy atom. The molecular weight excluding hydrogens is 340 g/mol. The Morgan fingerprint density at radius 3 is 2.92 bits per heavy atom. The Balaban J connectivity index is 1.58. The van der Waals surface area contributed by atoms with E-state index in [1.165, 1.54) is 11.8 Å². The number of thioether (sulfide) groups is 1. The number of nitrogens with zero attached hydrogens (tertiary/aromatic N) is 3. The maximum atomic E-state index is 12.3. The molecule has 0 saturated carbocycles. The Hall–Kier alpha value is -2.35. The fourth-order valence-electron chi connectivity index (χ4n) is 2.84. The molecule has 2 aromatic rings. The topological polar surface area (TPSA) is 102 Å². The minimum Gasteiger partial charge on any atom is -0.411 e. The van der Waals surface area contributed by atoms with Gasteiger partial charge in [0.2, 0.25) is 17.7 Å². The molecule has 7 nitrogen and oxygen atoms in total. The second-order valence-electron chi connectivity index (χ2n) is 6.06. The predicted octanol–water partition coefficient (Wildman–Crippen LogP) is 1.86. The van der Waals surface area contributed by atoms with Gasteiger partial charge in [0, 0.05) is 18.7 Å². The van der Waals surface area contributed by atoms with Gasteiger partial charge >= 0.3 is 0 Å². The second kappa shape index (κ2) is 7.69. The highest BCUT2D eigenvalue weighted by Crippen LogP contribution is 2.26. The summed E-state index contributed by atoms with van der Waals surface area (Å²) in [5, 5.41) is 8.40. The van der Waals surface area contributed by atoms with E-state index in [4.69, 9.17) is 10.2 Å². The third-order valence-electron chi connectivity index (χ3n) is 4.28. The van der Waals surface area contributed by atoms with Crippen molar-refractivity contribution in [3.8, 4) is 11.5 Å². The van der Waals surface area contributed by atoms with Crippen LogP contribution in [0.2, 0.25) is 0 Å². The number of rotatable bonds is 5. The van der Waals surface area contributed by atoms with Gasteiger partial charge in [-0.15, -0.1) is 10.2 Å². The van der Waals surface area contributed by atoms with Crippen molar-refractivity contribution >= 4 is 23.6 Å². The summed E-state index contributed by atoms with van der Waals surface area (Å²) in [6, 6.07) is 7.75. The van der Waals surface area contributed by atoms with Crippen LogP contribution in [0.5, 0.6) is 0 Å². The van der Waals surface area contributed by atoms with E-state index in [-0.39, 0.29) is 23.5 Å². The number of amides is 2. The smallest absolute Gasteiger partial charge is 0.277 e. The number of aryl methyl sites for hydroxylation is 1. The molecule has 2 heterocycles. The first kappa shape index (κ1) is 17.5. The zero-order chi connectivity index (χ0) is 17.8. The van der Waals surface area contributed by atoms with Gasteiger partial charge in [0.25, 0.3) is 5.22 Å². The maximum absolute atomic E-state index is 12.3. The van der Waals surface area contributed by atoms with E-state index in [2.05, 4.69) is 10.2 Å². The van der Waals surface area contributed by atoms with E-state index in [0.717, 1.165) is 24.0 Å². The minimum atomic E-state index is -0.343. The summed E-state index contributed by atoms with van der Waals surface area (Å²) in [5.41, 5.74) is 7.28. The zero-order valence-electron chi connectivity index (χ0n) is 14.0. The van der Waals surface area contributed by atoms with Crippen LogP contribution in [0.15, 0.2) is 33.9 Å². The van der Waals surface area contributed by atoms with Crippen molar-refractivity contribution in [3.63, 3.8) is 0 Å². The van der Waals surface area contributed by atoms with Gasteiger partial charge in [-0.3, -0.25) is 9.59 Å². The van der Waals surface area contributed by atoms with E-state index < -0.39 is 0 Å². The highest BCUT2D eigenvalue weighted by atomic mass is 32.2. The summed E-state index contributed by atoms with van der Waals surface area (Å²) in [6.45, 7) is 3.02. The normalized spacial score (nSPS) is 17.5. The van der Waals surface area contributed by atoms with Gasteiger partial charge in [-0.05, 0) is 31.4 Å². The second-order valence-corrected chi connectivity index (χ2v) is 6.98. The van der Waals surface area contributed by atoms with Gasteiger partial charge in [-0.1, -0.05) is 30.0 Å². The summed E-state index contributed by atoms with van der Waals surface area (Å²) < 4.78 is 5.64. The number of hydrogen-bond acceptors (Lipinski definition) is 6. The number of piperidine rings is 1. The van der Waals surface area contributed by atoms with Crippen LogP contribution in [0.1, 0.15) is 18.4 Å². The Kier molecular flexibility index (Phi) is 5.37. The number of primary amides is 1. The first-order valence-electron chi connectivity index (χ1n) is 8.14. The van der Waals surface area contributed by atoms with Crippen molar-refractivity contribution in [3.05, 3.63) is 29.8 Å². The lowest BCUT2D eigenvalue weighted by Crippen LogP contribution is -2.44. The van der Waals surface area contributed by atoms with Gasteiger partial charge in [0.15, 0.2) is 0 Å². The van der Waals surface area contributed by atoms with Gasteiger partial charge < -0.3 is 15.1 Å². The van der Waals surface area contributed by atoms with E-state index >= 15 is 0 Å². The summed E-state index contributed by atoms with van der Waals surface area (Å²) >= 11 is 1.21. The molecule has 1 fully saturated rings. The predicted molar refractivity (Wildman–Crippen MR) is 93.7 cm³/mol. The lowest BCUT2D eigenvalue weighted by molar-refractivity contribution is -0.132. The average Bonchev–Trinajstić information content (AvgIpc) is 3.09. The monoisotopic (exact) mass is 360 g/mol. The lowest BCUT2D eigenvalue weighted by atomic mass is 9.97. The molecule has 25 heavy (non-hydrogen) atoms. The van der Waals surface area contributed by atoms with Crippen LogP contribution in [-0.4, -0.2) is 45.8 Å². The van der Waals surface area contributed by atoms with Crippen molar-refractivity contribution in [2.45, 2.75) is 25.0 Å². The van der Waals surface area contributed by atoms with Crippen LogP contribution in [-0.2, 0) is 9.59 Å². The van der Waals surface area contributed by atoms with Crippen LogP contribution < -0.4 is 5.73 Å². The van der Waals surface area contributed by atoms with Gasteiger partial charge in [0.1, 0.15) is 0 Å². The molecule has 1 aromatic heterocycles. The Labute approximate surface area is 150 Å². The quantitative estimate of drug-likeness (QED) is 0.817. The number of hydrogen-bond donors (Lipinski definition) is 1. The molecule has 2 amide bonds.